The Balaban J connectivity index is 2.48. The van der Waals surface area contributed by atoms with E-state index in [9.17, 15) is 0 Å². The molecule has 1 heterocycles. The minimum atomic E-state index is 0.0919. The number of methoxy groups -OCH3 is 1. The number of nitrogens with zero attached hydrogens (tertiary/aromatic N) is 2. The van der Waals surface area contributed by atoms with E-state index in [1.165, 1.54) is 5.56 Å². The van der Waals surface area contributed by atoms with E-state index in [0.717, 1.165) is 29.1 Å². The van der Waals surface area contributed by atoms with E-state index in [2.05, 4.69) is 40.6 Å². The number of hydrogen-bond acceptors (Lipinski definition) is 4. The van der Waals surface area contributed by atoms with Crippen LogP contribution < -0.4 is 10.1 Å². The zero-order valence-electron chi connectivity index (χ0n) is 12.5. The molecule has 0 radical (unpaired) electrons. The van der Waals surface area contributed by atoms with Crippen molar-refractivity contribution >= 4 is 0 Å². The summed E-state index contributed by atoms with van der Waals surface area (Å²) in [6, 6.07) is 10.3. The van der Waals surface area contributed by atoms with Crippen molar-refractivity contribution in [2.45, 2.75) is 26.3 Å². The third-order valence-corrected chi connectivity index (χ3v) is 3.39. The zero-order chi connectivity index (χ0) is 14.5. The number of aromatic nitrogens is 2. The van der Waals surface area contributed by atoms with Crippen molar-refractivity contribution in [3.63, 3.8) is 0 Å². The highest BCUT2D eigenvalue weighted by atomic mass is 16.5. The fourth-order valence-corrected chi connectivity index (χ4v) is 2.38. The predicted molar refractivity (Wildman–Crippen MR) is 80.0 cm³/mol. The minimum Gasteiger partial charge on any atom is -0.497 e. The second-order valence-corrected chi connectivity index (χ2v) is 4.74. The minimum absolute atomic E-state index is 0.0919. The summed E-state index contributed by atoms with van der Waals surface area (Å²) in [6.45, 7) is 4.06. The molecule has 1 aromatic heterocycles. The number of hydrogen-bond donors (Lipinski definition) is 1. The van der Waals surface area contributed by atoms with Crippen molar-refractivity contribution in [2.75, 3.05) is 14.2 Å². The smallest absolute Gasteiger partial charge is 0.119 e. The predicted octanol–water partition coefficient (Wildman–Crippen LogP) is 2.66. The quantitative estimate of drug-likeness (QED) is 0.908. The molecule has 1 aromatic carbocycles. The summed E-state index contributed by atoms with van der Waals surface area (Å²) in [4.78, 5) is 0. The van der Waals surface area contributed by atoms with Crippen LogP contribution in [0.4, 0.5) is 0 Å². The number of nitrogens with one attached hydrogen (secondary N) is 1. The van der Waals surface area contributed by atoms with Gasteiger partial charge in [-0.2, -0.15) is 10.2 Å². The molecule has 0 amide bonds. The highest BCUT2D eigenvalue weighted by molar-refractivity contribution is 5.38. The summed E-state index contributed by atoms with van der Waals surface area (Å²) in [5.41, 5.74) is 4.29. The Labute approximate surface area is 120 Å². The Bertz CT molecular complexity index is 584. The lowest BCUT2D eigenvalue weighted by Gasteiger charge is -2.20. The molecule has 0 aliphatic rings. The summed E-state index contributed by atoms with van der Waals surface area (Å²) in [7, 11) is 3.64. The van der Waals surface area contributed by atoms with Gasteiger partial charge in [0.05, 0.1) is 24.5 Å². The van der Waals surface area contributed by atoms with Crippen LogP contribution in [0.15, 0.2) is 30.3 Å². The van der Waals surface area contributed by atoms with Crippen molar-refractivity contribution in [3.8, 4) is 5.75 Å². The summed E-state index contributed by atoms with van der Waals surface area (Å²) < 4.78 is 5.31. The van der Waals surface area contributed by atoms with Crippen molar-refractivity contribution < 1.29 is 4.74 Å². The maximum atomic E-state index is 5.31. The molecule has 20 heavy (non-hydrogen) atoms. The molecular formula is C16H21N3O. The average molecular weight is 271 g/mol. The van der Waals surface area contributed by atoms with Crippen LogP contribution >= 0.6 is 0 Å². The van der Waals surface area contributed by atoms with Crippen LogP contribution in [0.25, 0.3) is 0 Å². The van der Waals surface area contributed by atoms with Gasteiger partial charge in [0, 0.05) is 0 Å². The molecule has 4 nitrogen and oxygen atoms in total. The second-order valence-electron chi connectivity index (χ2n) is 4.74. The van der Waals surface area contributed by atoms with Gasteiger partial charge in [-0.1, -0.05) is 19.1 Å². The van der Waals surface area contributed by atoms with Gasteiger partial charge >= 0.3 is 0 Å². The monoisotopic (exact) mass is 271 g/mol. The molecule has 0 bridgehead atoms. The Morgan fingerprint density at radius 3 is 2.70 bits per heavy atom. The van der Waals surface area contributed by atoms with Crippen molar-refractivity contribution in [1.82, 2.24) is 15.5 Å². The molecule has 2 aromatic rings. The van der Waals surface area contributed by atoms with Crippen LogP contribution in [0.3, 0.4) is 0 Å². The molecule has 0 spiro atoms. The first-order valence-electron chi connectivity index (χ1n) is 6.83. The van der Waals surface area contributed by atoms with Gasteiger partial charge in [0.25, 0.3) is 0 Å². The van der Waals surface area contributed by atoms with E-state index in [-0.39, 0.29) is 6.04 Å². The first-order chi connectivity index (χ1) is 9.69. The van der Waals surface area contributed by atoms with Crippen LogP contribution in [0.2, 0.25) is 0 Å². The second kappa shape index (κ2) is 6.48. The Kier molecular flexibility index (Phi) is 4.69. The number of rotatable bonds is 5. The molecule has 1 unspecified atom stereocenters. The SMILES string of the molecule is CCc1nnc(C)cc1C(NC)c1cccc(OC)c1. The fourth-order valence-electron chi connectivity index (χ4n) is 2.38. The number of ether oxygens (including phenoxy) is 1. The van der Waals surface area contributed by atoms with Gasteiger partial charge in [0.1, 0.15) is 5.75 Å². The number of benzene rings is 1. The molecule has 1 N–H and O–H groups in total. The van der Waals surface area contributed by atoms with Gasteiger partial charge in [-0.3, -0.25) is 0 Å². The van der Waals surface area contributed by atoms with Gasteiger partial charge in [-0.15, -0.1) is 0 Å². The van der Waals surface area contributed by atoms with Gasteiger partial charge < -0.3 is 10.1 Å². The van der Waals surface area contributed by atoms with E-state index in [0.29, 0.717) is 0 Å². The Morgan fingerprint density at radius 1 is 1.25 bits per heavy atom. The standard InChI is InChI=1S/C16H21N3O/c1-5-15-14(9-11(2)18-19-15)16(17-3)12-7-6-8-13(10-12)20-4/h6-10,16-17H,5H2,1-4H3. The van der Waals surface area contributed by atoms with Crippen molar-refractivity contribution in [1.29, 1.82) is 0 Å². The van der Waals surface area contributed by atoms with Crippen molar-refractivity contribution in [2.24, 2.45) is 0 Å². The van der Waals surface area contributed by atoms with Crippen LogP contribution in [0.1, 0.15) is 35.5 Å². The summed E-state index contributed by atoms with van der Waals surface area (Å²) in [5, 5.41) is 11.8. The third kappa shape index (κ3) is 2.96. The van der Waals surface area contributed by atoms with Gasteiger partial charge in [0.2, 0.25) is 0 Å². The molecule has 106 valence electrons. The van der Waals surface area contributed by atoms with Crippen LogP contribution in [0, 0.1) is 6.92 Å². The first-order valence-corrected chi connectivity index (χ1v) is 6.83. The summed E-state index contributed by atoms with van der Waals surface area (Å²) in [6.07, 6.45) is 0.866. The zero-order valence-corrected chi connectivity index (χ0v) is 12.5. The molecule has 0 fully saturated rings. The topological polar surface area (TPSA) is 47.0 Å². The largest absolute Gasteiger partial charge is 0.497 e. The maximum absolute atomic E-state index is 5.31. The van der Waals surface area contributed by atoms with E-state index in [1.54, 1.807) is 7.11 Å². The molecule has 0 saturated heterocycles. The van der Waals surface area contributed by atoms with Crippen LogP contribution in [-0.2, 0) is 6.42 Å². The average Bonchev–Trinajstić information content (AvgIpc) is 2.48. The van der Waals surface area contributed by atoms with Crippen molar-refractivity contribution in [3.05, 3.63) is 52.8 Å². The maximum Gasteiger partial charge on any atom is 0.119 e. The first kappa shape index (κ1) is 14.5. The highest BCUT2D eigenvalue weighted by Gasteiger charge is 2.17. The van der Waals surface area contributed by atoms with Gasteiger partial charge in [-0.05, 0) is 49.7 Å². The molecule has 2 rings (SSSR count). The van der Waals surface area contributed by atoms with Crippen LogP contribution in [0.5, 0.6) is 5.75 Å². The Hall–Kier alpha value is -1.94. The van der Waals surface area contributed by atoms with E-state index in [1.807, 2.05) is 26.1 Å². The molecule has 0 saturated carbocycles. The third-order valence-electron chi connectivity index (χ3n) is 3.39. The molecule has 1 atom stereocenters. The lowest BCUT2D eigenvalue weighted by molar-refractivity contribution is 0.413. The van der Waals surface area contributed by atoms with Crippen LogP contribution in [-0.4, -0.2) is 24.4 Å². The van der Waals surface area contributed by atoms with E-state index < -0.39 is 0 Å². The lowest BCUT2D eigenvalue weighted by atomic mass is 9.96. The highest BCUT2D eigenvalue weighted by Crippen LogP contribution is 2.27. The molecule has 4 heteroatoms. The fraction of sp³-hybridized carbons (Fsp3) is 0.375. The van der Waals surface area contributed by atoms with Gasteiger partial charge in [-0.25, -0.2) is 0 Å². The molecular weight excluding hydrogens is 250 g/mol. The van der Waals surface area contributed by atoms with E-state index >= 15 is 0 Å². The molecule has 0 aliphatic heterocycles. The lowest BCUT2D eigenvalue weighted by Crippen LogP contribution is -2.20. The normalized spacial score (nSPS) is 12.2. The van der Waals surface area contributed by atoms with E-state index in [4.69, 9.17) is 4.74 Å². The Morgan fingerprint density at radius 2 is 2.05 bits per heavy atom. The summed E-state index contributed by atoms with van der Waals surface area (Å²) in [5.74, 6) is 0.861. The summed E-state index contributed by atoms with van der Waals surface area (Å²) >= 11 is 0. The number of aryl methyl sites for hydroxylation is 2. The van der Waals surface area contributed by atoms with Gasteiger partial charge in [0.15, 0.2) is 0 Å². The molecule has 0 aliphatic carbocycles.